The predicted molar refractivity (Wildman–Crippen MR) is 194 cm³/mol. The summed E-state index contributed by atoms with van der Waals surface area (Å²) in [6.07, 6.45) is -9.52. The Labute approximate surface area is 299 Å². The van der Waals surface area contributed by atoms with Gasteiger partial charge in [-0.15, -0.1) is 0 Å². The minimum Gasteiger partial charge on any atom is -0.308 e. The highest BCUT2D eigenvalue weighted by molar-refractivity contribution is 6.12. The lowest BCUT2D eigenvalue weighted by molar-refractivity contribution is -0.138. The number of hydrogen-bond acceptors (Lipinski definition) is 2. The van der Waals surface area contributed by atoms with Crippen molar-refractivity contribution in [2.45, 2.75) is 33.1 Å². The highest BCUT2D eigenvalue weighted by atomic mass is 19.4. The van der Waals surface area contributed by atoms with E-state index in [1.165, 1.54) is 12.1 Å². The smallest absolute Gasteiger partial charge is 0.308 e. The normalized spacial score (nSPS) is 12.2. The summed E-state index contributed by atoms with van der Waals surface area (Å²) in [5, 5.41) is 22.7. The number of fused-ring (bicyclic) bond motifs is 6. The number of benzene rings is 6. The van der Waals surface area contributed by atoms with Gasteiger partial charge < -0.3 is 9.13 Å². The monoisotopic (exact) mass is 712 g/mol. The van der Waals surface area contributed by atoms with Gasteiger partial charge in [0.1, 0.15) is 11.6 Å². The first-order chi connectivity index (χ1) is 25.2. The van der Waals surface area contributed by atoms with Gasteiger partial charge in [0.15, 0.2) is 0 Å². The molecule has 0 aliphatic heterocycles. The quantitative estimate of drug-likeness (QED) is 0.171. The predicted octanol–water partition coefficient (Wildman–Crippen LogP) is 12.3. The molecule has 0 aliphatic rings. The largest absolute Gasteiger partial charge is 0.416 e. The minimum atomic E-state index is -4.76. The van der Waals surface area contributed by atoms with Gasteiger partial charge in [-0.25, -0.2) is 0 Å². The molecule has 0 saturated carbocycles. The van der Waals surface area contributed by atoms with Crippen molar-refractivity contribution in [1.29, 1.82) is 10.5 Å². The molecule has 0 amide bonds. The van der Waals surface area contributed by atoms with Crippen LogP contribution in [0.25, 0.3) is 66.1 Å². The first kappa shape index (κ1) is 33.6. The maximum absolute atomic E-state index is 14.0. The van der Waals surface area contributed by atoms with Crippen LogP contribution in [0.3, 0.4) is 0 Å². The molecule has 8 rings (SSSR count). The average Bonchev–Trinajstić information content (AvgIpc) is 3.61. The number of aromatic nitrogens is 2. The Morgan fingerprint density at radius 3 is 1.28 bits per heavy atom. The van der Waals surface area contributed by atoms with Gasteiger partial charge in [0.2, 0.25) is 0 Å². The molecule has 2 aromatic heterocycles. The van der Waals surface area contributed by atoms with E-state index in [2.05, 4.69) is 24.3 Å². The number of nitriles is 2. The molecule has 8 aromatic rings. The second kappa shape index (κ2) is 11.8. The maximum Gasteiger partial charge on any atom is 0.416 e. The van der Waals surface area contributed by atoms with E-state index in [4.69, 9.17) is 0 Å². The van der Waals surface area contributed by atoms with E-state index in [1.54, 1.807) is 22.8 Å². The molecule has 0 bridgehead atoms. The number of hydrogen-bond donors (Lipinski definition) is 0. The molecule has 0 aliphatic carbocycles. The van der Waals surface area contributed by atoms with Crippen molar-refractivity contribution < 1.29 is 26.3 Å². The van der Waals surface area contributed by atoms with Crippen molar-refractivity contribution in [2.75, 3.05) is 0 Å². The number of alkyl halides is 6. The van der Waals surface area contributed by atoms with E-state index in [9.17, 15) is 36.9 Å². The number of rotatable bonds is 3. The van der Waals surface area contributed by atoms with Gasteiger partial charge in [-0.3, -0.25) is 0 Å². The zero-order valence-corrected chi connectivity index (χ0v) is 28.4. The average molecular weight is 713 g/mol. The third-order valence-corrected chi connectivity index (χ3v) is 9.73. The van der Waals surface area contributed by atoms with Gasteiger partial charge in [-0.1, -0.05) is 29.3 Å². The van der Waals surface area contributed by atoms with E-state index < -0.39 is 23.5 Å². The summed E-state index contributed by atoms with van der Waals surface area (Å²) in [5.74, 6) is 0. The molecular formula is C43H26F6N4. The third kappa shape index (κ3) is 5.46. The Balaban J connectivity index is 1.57. The van der Waals surface area contributed by atoms with Gasteiger partial charge in [0.25, 0.3) is 0 Å². The number of nitrogens with zero attached hydrogens (tertiary/aromatic N) is 4. The van der Waals surface area contributed by atoms with Crippen molar-refractivity contribution in [3.63, 3.8) is 0 Å². The van der Waals surface area contributed by atoms with Crippen molar-refractivity contribution in [2.24, 2.45) is 0 Å². The van der Waals surface area contributed by atoms with E-state index in [0.717, 1.165) is 62.8 Å². The van der Waals surface area contributed by atoms with Crippen molar-refractivity contribution >= 4 is 43.6 Å². The Bertz CT molecular complexity index is 2800. The fourth-order valence-corrected chi connectivity index (χ4v) is 7.41. The van der Waals surface area contributed by atoms with E-state index >= 15 is 0 Å². The Morgan fingerprint density at radius 1 is 0.453 bits per heavy atom. The SMILES string of the molecule is Cc1cc(C#N)cc(-c2cc(-n3c4ccc(C)cc4c4cc(C)ccc43)c(C#N)c(-n3c4ccc(C(F)(F)F)cc4c4cc(C(F)(F)F)ccc43)c2)c1. The summed E-state index contributed by atoms with van der Waals surface area (Å²) in [6.45, 7) is 5.81. The second-order valence-corrected chi connectivity index (χ2v) is 13.4. The summed E-state index contributed by atoms with van der Waals surface area (Å²) >= 11 is 0. The zero-order chi connectivity index (χ0) is 37.6. The van der Waals surface area contributed by atoms with Crippen LogP contribution >= 0.6 is 0 Å². The molecule has 10 heteroatoms. The minimum absolute atomic E-state index is 0.0538. The molecule has 260 valence electrons. The van der Waals surface area contributed by atoms with Gasteiger partial charge in [0, 0.05) is 21.5 Å². The molecule has 2 heterocycles. The van der Waals surface area contributed by atoms with Crippen molar-refractivity contribution in [3.05, 3.63) is 142 Å². The van der Waals surface area contributed by atoms with Crippen molar-refractivity contribution in [1.82, 2.24) is 9.13 Å². The summed E-state index contributed by atoms with van der Waals surface area (Å²) in [4.78, 5) is 0. The van der Waals surface area contributed by atoms with E-state index in [1.807, 2.05) is 61.7 Å². The van der Waals surface area contributed by atoms with E-state index in [-0.39, 0.29) is 33.1 Å². The van der Waals surface area contributed by atoms with Crippen LogP contribution in [0.15, 0.2) is 103 Å². The molecule has 4 nitrogen and oxygen atoms in total. The first-order valence-corrected chi connectivity index (χ1v) is 16.5. The Morgan fingerprint density at radius 2 is 0.868 bits per heavy atom. The van der Waals surface area contributed by atoms with Crippen LogP contribution in [0.5, 0.6) is 0 Å². The van der Waals surface area contributed by atoms with Crippen LogP contribution in [0.1, 0.15) is 38.9 Å². The molecule has 6 aromatic carbocycles. The molecule has 0 saturated heterocycles. The lowest BCUT2D eigenvalue weighted by Crippen LogP contribution is -2.06. The molecule has 0 radical (unpaired) electrons. The highest BCUT2D eigenvalue weighted by Gasteiger charge is 2.34. The topological polar surface area (TPSA) is 57.4 Å². The maximum atomic E-state index is 14.0. The van der Waals surface area contributed by atoms with Gasteiger partial charge >= 0.3 is 12.4 Å². The Kier molecular flexibility index (Phi) is 7.46. The van der Waals surface area contributed by atoms with Crippen LogP contribution in [-0.4, -0.2) is 9.13 Å². The lowest BCUT2D eigenvalue weighted by Gasteiger charge is -2.19. The highest BCUT2D eigenvalue weighted by Crippen LogP contribution is 2.43. The lowest BCUT2D eigenvalue weighted by atomic mass is 9.97. The number of halogens is 6. The van der Waals surface area contributed by atoms with Crippen LogP contribution in [0, 0.1) is 43.4 Å². The van der Waals surface area contributed by atoms with Crippen molar-refractivity contribution in [3.8, 4) is 34.6 Å². The first-order valence-electron chi connectivity index (χ1n) is 16.5. The summed E-state index contributed by atoms with van der Waals surface area (Å²) in [5.41, 5.74) is 5.22. The standard InChI is InChI=1S/C43H26F6N4/c1-23-4-8-36-31(14-23)32-15-24(2)5-9-37(32)52(36)40-17-28(27-13-25(3)12-26(16-27)21-50)18-41(35(40)22-51)53-38-10-6-29(42(44,45)46)19-33(38)34-20-30(43(47,48)49)7-11-39(34)53/h4-20H,1-3H3. The van der Waals surface area contributed by atoms with Crippen LogP contribution in [0.4, 0.5) is 26.3 Å². The summed E-state index contributed by atoms with van der Waals surface area (Å²) in [6, 6.07) is 31.3. The molecular weight excluding hydrogens is 686 g/mol. The second-order valence-electron chi connectivity index (χ2n) is 13.4. The van der Waals surface area contributed by atoms with Crippen LogP contribution in [0.2, 0.25) is 0 Å². The third-order valence-electron chi connectivity index (χ3n) is 9.73. The summed E-state index contributed by atoms with van der Waals surface area (Å²) < 4.78 is 87.7. The van der Waals surface area contributed by atoms with Crippen LogP contribution in [-0.2, 0) is 12.4 Å². The number of aryl methyl sites for hydroxylation is 3. The fraction of sp³-hybridized carbons (Fsp3) is 0.116. The van der Waals surface area contributed by atoms with Gasteiger partial charge in [-0.2, -0.15) is 36.9 Å². The Hall–Kier alpha value is -6.52. The van der Waals surface area contributed by atoms with E-state index in [0.29, 0.717) is 22.4 Å². The zero-order valence-electron chi connectivity index (χ0n) is 28.4. The molecule has 0 atom stereocenters. The molecule has 0 N–H and O–H groups in total. The van der Waals surface area contributed by atoms with Gasteiger partial charge in [0.05, 0.1) is 56.2 Å². The van der Waals surface area contributed by atoms with Gasteiger partial charge in [-0.05, 0) is 122 Å². The fourth-order valence-electron chi connectivity index (χ4n) is 7.41. The summed E-state index contributed by atoms with van der Waals surface area (Å²) in [7, 11) is 0. The molecule has 0 fully saturated rings. The van der Waals surface area contributed by atoms with Crippen LogP contribution < -0.4 is 0 Å². The molecule has 0 unspecified atom stereocenters. The molecule has 53 heavy (non-hydrogen) atoms. The molecule has 0 spiro atoms.